The third kappa shape index (κ3) is 5.51. The molecule has 198 valence electrons. The molecule has 4 aromatic rings. The molecule has 11 heteroatoms. The number of amides is 2. The van der Waals surface area contributed by atoms with Crippen LogP contribution in [0.3, 0.4) is 0 Å². The number of nitrogens with one attached hydrogen (secondary N) is 2. The number of rotatable bonds is 6. The number of imidazole rings is 1. The fraction of sp³-hybridized carbons (Fsp3) is 0.222. The Balaban J connectivity index is 1.80. The van der Waals surface area contributed by atoms with Gasteiger partial charge in [0, 0.05) is 17.1 Å². The number of carbonyl (C=O) groups is 2. The van der Waals surface area contributed by atoms with E-state index in [0.29, 0.717) is 44.6 Å². The largest absolute Gasteiger partial charge is 0.417 e. The minimum absolute atomic E-state index is 0.00666. The molecule has 0 unspecified atom stereocenters. The number of aromatic amines is 1. The van der Waals surface area contributed by atoms with Gasteiger partial charge in [0.2, 0.25) is 0 Å². The predicted molar refractivity (Wildman–Crippen MR) is 141 cm³/mol. The first-order valence-electron chi connectivity index (χ1n) is 11.7. The van der Waals surface area contributed by atoms with Gasteiger partial charge in [-0.25, -0.2) is 15.8 Å². The SMILES string of the molecule is Cc1c(Cl)cccc1NC(=O)c1cc(N(N)C(=O)c2ccccc2C(F)(F)F)cc2[nH]c(CC(C)C)nc12. The average Bonchev–Trinajstić information content (AvgIpc) is 3.26. The number of hydrazine groups is 1. The first-order valence-corrected chi connectivity index (χ1v) is 12.1. The van der Waals surface area contributed by atoms with Crippen molar-refractivity contribution in [2.24, 2.45) is 11.8 Å². The van der Waals surface area contributed by atoms with Crippen molar-refractivity contribution < 1.29 is 22.8 Å². The second kappa shape index (κ2) is 10.5. The van der Waals surface area contributed by atoms with Crippen LogP contribution < -0.4 is 16.2 Å². The van der Waals surface area contributed by atoms with Crippen LogP contribution in [-0.2, 0) is 12.6 Å². The molecule has 4 N–H and O–H groups in total. The quantitative estimate of drug-likeness (QED) is 0.146. The van der Waals surface area contributed by atoms with E-state index in [0.717, 1.165) is 12.1 Å². The van der Waals surface area contributed by atoms with E-state index < -0.39 is 29.1 Å². The molecule has 38 heavy (non-hydrogen) atoms. The van der Waals surface area contributed by atoms with E-state index >= 15 is 0 Å². The van der Waals surface area contributed by atoms with Gasteiger partial charge in [0.15, 0.2) is 0 Å². The van der Waals surface area contributed by atoms with Crippen molar-refractivity contribution in [3.8, 4) is 0 Å². The Hall–Kier alpha value is -3.89. The zero-order valence-corrected chi connectivity index (χ0v) is 21.5. The van der Waals surface area contributed by atoms with Crippen LogP contribution >= 0.6 is 11.6 Å². The molecule has 7 nitrogen and oxygen atoms in total. The second-order valence-electron chi connectivity index (χ2n) is 9.26. The molecule has 0 saturated carbocycles. The molecule has 0 aliphatic rings. The zero-order chi connectivity index (χ0) is 27.8. The van der Waals surface area contributed by atoms with E-state index in [1.165, 1.54) is 24.3 Å². The number of H-pyrrole nitrogens is 1. The highest BCUT2D eigenvalue weighted by molar-refractivity contribution is 6.31. The van der Waals surface area contributed by atoms with Crippen molar-refractivity contribution in [1.82, 2.24) is 9.97 Å². The monoisotopic (exact) mass is 543 g/mol. The Morgan fingerprint density at radius 3 is 2.50 bits per heavy atom. The number of benzene rings is 3. The Morgan fingerprint density at radius 1 is 1.11 bits per heavy atom. The van der Waals surface area contributed by atoms with Crippen LogP contribution in [0.4, 0.5) is 24.5 Å². The number of nitrogens with two attached hydrogens (primary N) is 1. The molecule has 0 atom stereocenters. The molecule has 0 aliphatic heterocycles. The van der Waals surface area contributed by atoms with Gasteiger partial charge < -0.3 is 10.3 Å². The lowest BCUT2D eigenvalue weighted by molar-refractivity contribution is -0.137. The first-order chi connectivity index (χ1) is 17.9. The van der Waals surface area contributed by atoms with E-state index in [-0.39, 0.29) is 17.2 Å². The molecule has 4 rings (SSSR count). The van der Waals surface area contributed by atoms with Gasteiger partial charge in [-0.2, -0.15) is 13.2 Å². The van der Waals surface area contributed by atoms with Gasteiger partial charge in [0.25, 0.3) is 11.8 Å². The van der Waals surface area contributed by atoms with Crippen LogP contribution in [0.5, 0.6) is 0 Å². The average molecular weight is 544 g/mol. The molecular formula is C27H25ClF3N5O2. The summed E-state index contributed by atoms with van der Waals surface area (Å²) in [6, 6.07) is 12.2. The molecule has 3 aromatic carbocycles. The lowest BCUT2D eigenvalue weighted by Crippen LogP contribution is -2.38. The van der Waals surface area contributed by atoms with Crippen LogP contribution in [0, 0.1) is 12.8 Å². The second-order valence-corrected chi connectivity index (χ2v) is 9.66. The predicted octanol–water partition coefficient (Wildman–Crippen LogP) is 6.51. The summed E-state index contributed by atoms with van der Waals surface area (Å²) in [5.41, 5.74) is 0.208. The van der Waals surface area contributed by atoms with Crippen LogP contribution in [0.25, 0.3) is 11.0 Å². The number of alkyl halides is 3. The number of aromatic nitrogens is 2. The summed E-state index contributed by atoms with van der Waals surface area (Å²) in [4.78, 5) is 34.2. The summed E-state index contributed by atoms with van der Waals surface area (Å²) in [6.45, 7) is 5.76. The van der Waals surface area contributed by atoms with Crippen molar-refractivity contribution in [1.29, 1.82) is 0 Å². The van der Waals surface area contributed by atoms with Gasteiger partial charge in [-0.1, -0.05) is 43.6 Å². The van der Waals surface area contributed by atoms with E-state index in [9.17, 15) is 22.8 Å². The van der Waals surface area contributed by atoms with Crippen molar-refractivity contribution in [3.05, 3.63) is 87.7 Å². The maximum Gasteiger partial charge on any atom is 0.417 e. The number of halogens is 4. The van der Waals surface area contributed by atoms with Crippen LogP contribution in [0.15, 0.2) is 54.6 Å². The van der Waals surface area contributed by atoms with Gasteiger partial charge in [-0.05, 0) is 54.8 Å². The summed E-state index contributed by atoms with van der Waals surface area (Å²) in [5, 5.41) is 3.85. The standard InChI is InChI=1S/C27H25ClF3N5O2/c1-14(2)11-23-33-22-13-16(36(32)26(38)17-7-4-5-8-19(17)27(29,30)31)12-18(24(22)35-23)25(37)34-21-10-6-9-20(28)15(21)3/h4-10,12-14H,11,32H2,1-3H3,(H,33,35)(H,34,37). The van der Waals surface area contributed by atoms with E-state index in [2.05, 4.69) is 15.3 Å². The van der Waals surface area contributed by atoms with Crippen LogP contribution in [0.2, 0.25) is 5.02 Å². The molecule has 0 fully saturated rings. The molecule has 0 bridgehead atoms. The Kier molecular flexibility index (Phi) is 7.48. The highest BCUT2D eigenvalue weighted by Crippen LogP contribution is 2.33. The summed E-state index contributed by atoms with van der Waals surface area (Å²) in [5.74, 6) is 5.28. The molecular weight excluding hydrogens is 519 g/mol. The normalized spacial score (nSPS) is 11.7. The first kappa shape index (κ1) is 27.2. The number of hydrogen-bond acceptors (Lipinski definition) is 4. The van der Waals surface area contributed by atoms with Gasteiger partial charge in [0.1, 0.15) is 11.3 Å². The molecule has 1 aromatic heterocycles. The highest BCUT2D eigenvalue weighted by Gasteiger charge is 2.36. The maximum absolute atomic E-state index is 13.5. The number of anilines is 2. The fourth-order valence-electron chi connectivity index (χ4n) is 4.05. The van der Waals surface area contributed by atoms with E-state index in [1.807, 2.05) is 13.8 Å². The Labute approximate surface area is 221 Å². The minimum atomic E-state index is -4.76. The lowest BCUT2D eigenvalue weighted by atomic mass is 10.1. The van der Waals surface area contributed by atoms with Crippen molar-refractivity contribution in [2.75, 3.05) is 10.3 Å². The number of nitrogens with zero attached hydrogens (tertiary/aromatic N) is 2. The lowest BCUT2D eigenvalue weighted by Gasteiger charge is -2.20. The molecule has 1 heterocycles. The Morgan fingerprint density at radius 2 is 1.82 bits per heavy atom. The zero-order valence-electron chi connectivity index (χ0n) is 20.8. The summed E-state index contributed by atoms with van der Waals surface area (Å²) in [6.07, 6.45) is -4.17. The van der Waals surface area contributed by atoms with Gasteiger partial charge in [-0.3, -0.25) is 9.59 Å². The topological polar surface area (TPSA) is 104 Å². The summed E-state index contributed by atoms with van der Waals surface area (Å²) in [7, 11) is 0. The number of fused-ring (bicyclic) bond motifs is 1. The van der Waals surface area contributed by atoms with E-state index in [4.69, 9.17) is 17.4 Å². The maximum atomic E-state index is 13.5. The van der Waals surface area contributed by atoms with Crippen molar-refractivity contribution in [3.63, 3.8) is 0 Å². The number of hydrogen-bond donors (Lipinski definition) is 3. The van der Waals surface area contributed by atoms with Gasteiger partial charge >= 0.3 is 6.18 Å². The smallest absolute Gasteiger partial charge is 0.342 e. The molecule has 0 aliphatic carbocycles. The molecule has 0 saturated heterocycles. The molecule has 2 amide bonds. The third-order valence-electron chi connectivity index (χ3n) is 5.94. The Bertz CT molecular complexity index is 1530. The molecule has 0 radical (unpaired) electrons. The van der Waals surface area contributed by atoms with Crippen LogP contribution in [0.1, 0.15) is 51.5 Å². The highest BCUT2D eigenvalue weighted by atomic mass is 35.5. The van der Waals surface area contributed by atoms with Crippen LogP contribution in [-0.4, -0.2) is 21.8 Å². The summed E-state index contributed by atoms with van der Waals surface area (Å²) >= 11 is 6.19. The summed E-state index contributed by atoms with van der Waals surface area (Å²) < 4.78 is 40.6. The van der Waals surface area contributed by atoms with Gasteiger partial charge in [0.05, 0.1) is 27.9 Å². The fourth-order valence-corrected chi connectivity index (χ4v) is 4.22. The number of carbonyl (C=O) groups excluding carboxylic acids is 2. The molecule has 0 spiro atoms. The third-order valence-corrected chi connectivity index (χ3v) is 6.35. The van der Waals surface area contributed by atoms with E-state index in [1.54, 1.807) is 25.1 Å². The van der Waals surface area contributed by atoms with Gasteiger partial charge in [-0.15, -0.1) is 0 Å². The van der Waals surface area contributed by atoms with Crippen molar-refractivity contribution in [2.45, 2.75) is 33.4 Å². The minimum Gasteiger partial charge on any atom is -0.342 e. The van der Waals surface area contributed by atoms with Crippen molar-refractivity contribution >= 4 is 45.8 Å².